The van der Waals surface area contributed by atoms with Crippen LogP contribution in [0.3, 0.4) is 0 Å². The van der Waals surface area contributed by atoms with Gasteiger partial charge in [0.15, 0.2) is 0 Å². The summed E-state index contributed by atoms with van der Waals surface area (Å²) < 4.78 is 0. The van der Waals surface area contributed by atoms with Gasteiger partial charge in [-0.1, -0.05) is 5.21 Å². The molecule has 0 unspecified atom stereocenters. The smallest absolute Gasteiger partial charge is 0.0824 e. The first-order valence-corrected chi connectivity index (χ1v) is 5.03. The summed E-state index contributed by atoms with van der Waals surface area (Å²) >= 11 is 0. The molecule has 1 N–H and O–H groups in total. The molecule has 0 aromatic carbocycles. The predicted octanol–water partition coefficient (Wildman–Crippen LogP) is 0.833. The molecule has 0 spiro atoms. The van der Waals surface area contributed by atoms with E-state index in [1.165, 1.54) is 38.9 Å². The molecule has 1 saturated heterocycles. The fourth-order valence-electron chi connectivity index (χ4n) is 1.84. The molecule has 0 bridgehead atoms. The third-order valence-electron chi connectivity index (χ3n) is 2.57. The van der Waals surface area contributed by atoms with Gasteiger partial charge in [-0.15, -0.1) is 5.10 Å². The van der Waals surface area contributed by atoms with Crippen LogP contribution in [-0.2, 0) is 6.42 Å². The molecular formula is C9H16N4. The van der Waals surface area contributed by atoms with Crippen molar-refractivity contribution in [3.63, 3.8) is 0 Å². The molecule has 2 rings (SSSR count). The lowest BCUT2D eigenvalue weighted by atomic mass is 10.2. The van der Waals surface area contributed by atoms with Crippen LogP contribution in [-0.4, -0.2) is 39.9 Å². The average molecular weight is 180 g/mol. The largest absolute Gasteiger partial charge is 0.303 e. The second-order valence-electron chi connectivity index (χ2n) is 3.62. The molecule has 13 heavy (non-hydrogen) atoms. The molecule has 0 radical (unpaired) electrons. The number of nitrogens with one attached hydrogen (secondary N) is 1. The van der Waals surface area contributed by atoms with Gasteiger partial charge in [0.1, 0.15) is 0 Å². The van der Waals surface area contributed by atoms with Gasteiger partial charge in [0, 0.05) is 6.20 Å². The maximum absolute atomic E-state index is 3.96. The van der Waals surface area contributed by atoms with Crippen molar-refractivity contribution >= 4 is 0 Å². The second kappa shape index (κ2) is 4.37. The SMILES string of the molecule is c1[nH]nnc1CCCN1CCCC1. The number of hydrogen-bond acceptors (Lipinski definition) is 3. The van der Waals surface area contributed by atoms with Crippen molar-refractivity contribution in [2.45, 2.75) is 25.7 Å². The number of nitrogens with zero attached hydrogens (tertiary/aromatic N) is 3. The first kappa shape index (κ1) is 8.69. The van der Waals surface area contributed by atoms with Crippen molar-refractivity contribution < 1.29 is 0 Å². The summed E-state index contributed by atoms with van der Waals surface area (Å²) in [5.74, 6) is 0. The lowest BCUT2D eigenvalue weighted by molar-refractivity contribution is 0.333. The second-order valence-corrected chi connectivity index (χ2v) is 3.62. The molecule has 0 aliphatic carbocycles. The molecule has 1 aromatic rings. The van der Waals surface area contributed by atoms with E-state index in [0.29, 0.717) is 0 Å². The Kier molecular flexibility index (Phi) is 2.92. The highest BCUT2D eigenvalue weighted by molar-refractivity contribution is 4.90. The highest BCUT2D eigenvalue weighted by Gasteiger charge is 2.10. The van der Waals surface area contributed by atoms with Gasteiger partial charge in [0.25, 0.3) is 0 Å². The molecule has 0 atom stereocenters. The fourth-order valence-corrected chi connectivity index (χ4v) is 1.84. The van der Waals surface area contributed by atoms with Crippen LogP contribution in [0.25, 0.3) is 0 Å². The van der Waals surface area contributed by atoms with Crippen LogP contribution in [0.1, 0.15) is 25.0 Å². The van der Waals surface area contributed by atoms with E-state index in [0.717, 1.165) is 12.1 Å². The number of hydrogen-bond donors (Lipinski definition) is 1. The van der Waals surface area contributed by atoms with E-state index in [1.807, 2.05) is 6.20 Å². The number of H-pyrrole nitrogens is 1. The molecule has 1 fully saturated rings. The summed E-state index contributed by atoms with van der Waals surface area (Å²) in [6.45, 7) is 3.80. The normalized spacial score (nSPS) is 18.2. The Hall–Kier alpha value is -0.900. The molecule has 4 heteroatoms. The van der Waals surface area contributed by atoms with Crippen molar-refractivity contribution in [1.82, 2.24) is 20.3 Å². The topological polar surface area (TPSA) is 44.8 Å². The van der Waals surface area contributed by atoms with E-state index in [9.17, 15) is 0 Å². The van der Waals surface area contributed by atoms with Crippen LogP contribution in [0.2, 0.25) is 0 Å². The summed E-state index contributed by atoms with van der Waals surface area (Å²) in [6.07, 6.45) is 6.89. The van der Waals surface area contributed by atoms with Crippen molar-refractivity contribution in [1.29, 1.82) is 0 Å². The molecule has 0 amide bonds. The van der Waals surface area contributed by atoms with Gasteiger partial charge >= 0.3 is 0 Å². The zero-order valence-electron chi connectivity index (χ0n) is 7.87. The Morgan fingerprint density at radius 2 is 2.23 bits per heavy atom. The summed E-state index contributed by atoms with van der Waals surface area (Å²) in [5.41, 5.74) is 1.08. The molecule has 1 aliphatic rings. The van der Waals surface area contributed by atoms with Gasteiger partial charge in [-0.25, -0.2) is 0 Å². The number of aromatic nitrogens is 3. The van der Waals surface area contributed by atoms with Gasteiger partial charge < -0.3 is 4.90 Å². The lowest BCUT2D eigenvalue weighted by Gasteiger charge is -2.12. The first-order valence-electron chi connectivity index (χ1n) is 5.03. The van der Waals surface area contributed by atoms with E-state index in [1.54, 1.807) is 0 Å². The Morgan fingerprint density at radius 1 is 1.38 bits per heavy atom. The number of rotatable bonds is 4. The molecule has 72 valence electrons. The van der Waals surface area contributed by atoms with E-state index < -0.39 is 0 Å². The van der Waals surface area contributed by atoms with E-state index in [-0.39, 0.29) is 0 Å². The summed E-state index contributed by atoms with van der Waals surface area (Å²) in [6, 6.07) is 0. The van der Waals surface area contributed by atoms with E-state index in [4.69, 9.17) is 0 Å². The maximum Gasteiger partial charge on any atom is 0.0824 e. The van der Waals surface area contributed by atoms with Gasteiger partial charge in [0.2, 0.25) is 0 Å². The Balaban J connectivity index is 1.63. The molecule has 1 aromatic heterocycles. The van der Waals surface area contributed by atoms with E-state index in [2.05, 4.69) is 20.3 Å². The minimum absolute atomic E-state index is 1.05. The lowest BCUT2D eigenvalue weighted by Crippen LogP contribution is -2.20. The summed E-state index contributed by atoms with van der Waals surface area (Å²) in [4.78, 5) is 2.53. The van der Waals surface area contributed by atoms with Crippen molar-refractivity contribution in [3.05, 3.63) is 11.9 Å². The van der Waals surface area contributed by atoms with E-state index >= 15 is 0 Å². The van der Waals surface area contributed by atoms with Crippen molar-refractivity contribution in [2.75, 3.05) is 19.6 Å². The molecular weight excluding hydrogens is 164 g/mol. The van der Waals surface area contributed by atoms with Crippen LogP contribution in [0.15, 0.2) is 6.20 Å². The Bertz CT molecular complexity index is 226. The highest BCUT2D eigenvalue weighted by atomic mass is 15.3. The third-order valence-corrected chi connectivity index (χ3v) is 2.57. The van der Waals surface area contributed by atoms with Crippen LogP contribution >= 0.6 is 0 Å². The Morgan fingerprint density at radius 3 is 2.92 bits per heavy atom. The number of aromatic amines is 1. The fraction of sp³-hybridized carbons (Fsp3) is 0.778. The molecule has 0 saturated carbocycles. The third kappa shape index (κ3) is 2.52. The average Bonchev–Trinajstić information content (AvgIpc) is 2.75. The number of aryl methyl sites for hydroxylation is 1. The minimum atomic E-state index is 1.05. The molecule has 1 aliphatic heterocycles. The van der Waals surface area contributed by atoms with Gasteiger partial charge in [-0.3, -0.25) is 5.10 Å². The Labute approximate surface area is 78.3 Å². The minimum Gasteiger partial charge on any atom is -0.303 e. The summed E-state index contributed by atoms with van der Waals surface area (Å²) in [7, 11) is 0. The molecule has 4 nitrogen and oxygen atoms in total. The van der Waals surface area contributed by atoms with Crippen LogP contribution in [0.4, 0.5) is 0 Å². The highest BCUT2D eigenvalue weighted by Crippen LogP contribution is 2.08. The zero-order chi connectivity index (χ0) is 8.93. The molecule has 2 heterocycles. The first-order chi connectivity index (χ1) is 6.45. The monoisotopic (exact) mass is 180 g/mol. The quantitative estimate of drug-likeness (QED) is 0.746. The van der Waals surface area contributed by atoms with Gasteiger partial charge in [-0.05, 0) is 45.3 Å². The van der Waals surface area contributed by atoms with Gasteiger partial charge in [0.05, 0.1) is 5.69 Å². The predicted molar refractivity (Wildman–Crippen MR) is 50.4 cm³/mol. The van der Waals surface area contributed by atoms with Crippen LogP contribution in [0, 0.1) is 0 Å². The zero-order valence-corrected chi connectivity index (χ0v) is 7.87. The van der Waals surface area contributed by atoms with Crippen LogP contribution < -0.4 is 0 Å². The van der Waals surface area contributed by atoms with Crippen molar-refractivity contribution in [3.8, 4) is 0 Å². The van der Waals surface area contributed by atoms with Crippen LogP contribution in [0.5, 0.6) is 0 Å². The summed E-state index contributed by atoms with van der Waals surface area (Å²) in [5, 5.41) is 10.4. The maximum atomic E-state index is 3.96. The van der Waals surface area contributed by atoms with Gasteiger partial charge in [-0.2, -0.15) is 0 Å². The standard InChI is InChI=1S/C9H16N4/c1-2-6-13(5-1)7-3-4-9-8-10-12-11-9/h8H,1-7H2,(H,10,11,12). The number of likely N-dealkylation sites (tertiary alicyclic amines) is 1. The van der Waals surface area contributed by atoms with Crippen molar-refractivity contribution in [2.24, 2.45) is 0 Å².